The summed E-state index contributed by atoms with van der Waals surface area (Å²) in [6, 6.07) is 3.58. The van der Waals surface area contributed by atoms with Crippen LogP contribution in [0.1, 0.15) is 89.3 Å². The molecule has 0 heterocycles. The van der Waals surface area contributed by atoms with Crippen molar-refractivity contribution in [3.63, 3.8) is 0 Å². The maximum absolute atomic E-state index is 12.5. The summed E-state index contributed by atoms with van der Waals surface area (Å²) in [5, 5.41) is 0. The molecular formula is C27H42N2O2. The molecule has 0 bridgehead atoms. The number of carbonyl (C=O) groups excluding carboxylic acids is 1. The molecule has 4 rings (SSSR count). The fourth-order valence-electron chi connectivity index (χ4n) is 8.14. The number of aryl methyl sites for hydroxylation is 1. The third kappa shape index (κ3) is 3.64. The summed E-state index contributed by atoms with van der Waals surface area (Å²) in [4.78, 5) is 12.5. The quantitative estimate of drug-likeness (QED) is 0.512. The van der Waals surface area contributed by atoms with E-state index in [9.17, 15) is 4.79 Å². The van der Waals surface area contributed by atoms with Gasteiger partial charge in [-0.05, 0) is 115 Å². The van der Waals surface area contributed by atoms with Crippen LogP contribution >= 0.6 is 0 Å². The predicted molar refractivity (Wildman–Crippen MR) is 126 cm³/mol. The van der Waals surface area contributed by atoms with Crippen molar-refractivity contribution in [2.24, 2.45) is 34.1 Å². The van der Waals surface area contributed by atoms with E-state index in [0.29, 0.717) is 35.5 Å². The maximum atomic E-state index is 12.5. The largest absolute Gasteiger partial charge is 0.425 e. The van der Waals surface area contributed by atoms with Crippen LogP contribution in [0.4, 0.5) is 0 Å². The summed E-state index contributed by atoms with van der Waals surface area (Å²) in [6.45, 7) is 12.8. The molecule has 4 nitrogen and oxygen atoms in total. The van der Waals surface area contributed by atoms with Gasteiger partial charge in [-0.1, -0.05) is 34.1 Å². The van der Waals surface area contributed by atoms with Crippen molar-refractivity contribution in [1.29, 1.82) is 0 Å². The Morgan fingerprint density at radius 1 is 1.16 bits per heavy atom. The van der Waals surface area contributed by atoms with Gasteiger partial charge in [-0.15, -0.1) is 0 Å². The smallest absolute Gasteiger partial charge is 0.328 e. The van der Waals surface area contributed by atoms with Crippen LogP contribution in [0.25, 0.3) is 0 Å². The van der Waals surface area contributed by atoms with Crippen LogP contribution in [0.15, 0.2) is 12.1 Å². The second kappa shape index (κ2) is 7.88. The molecule has 3 aliphatic rings. The van der Waals surface area contributed by atoms with E-state index in [-0.39, 0.29) is 11.4 Å². The average Bonchev–Trinajstić information content (AvgIpc) is 2.99. The van der Waals surface area contributed by atoms with E-state index in [1.165, 1.54) is 48.8 Å². The van der Waals surface area contributed by atoms with E-state index in [4.69, 9.17) is 16.2 Å². The summed E-state index contributed by atoms with van der Waals surface area (Å²) in [6.07, 6.45) is 9.01. The van der Waals surface area contributed by atoms with Gasteiger partial charge in [-0.3, -0.25) is 0 Å². The van der Waals surface area contributed by atoms with Gasteiger partial charge in [0.25, 0.3) is 0 Å². The molecule has 172 valence electrons. The van der Waals surface area contributed by atoms with E-state index < -0.39 is 6.04 Å². The molecule has 3 aliphatic carbocycles. The Bertz CT molecular complexity index is 863. The van der Waals surface area contributed by atoms with Gasteiger partial charge < -0.3 is 16.2 Å². The monoisotopic (exact) mass is 426 g/mol. The Morgan fingerprint density at radius 2 is 1.90 bits per heavy atom. The normalized spacial score (nSPS) is 34.4. The van der Waals surface area contributed by atoms with Crippen LogP contribution < -0.4 is 16.2 Å². The van der Waals surface area contributed by atoms with E-state index in [1.807, 2.05) is 0 Å². The van der Waals surface area contributed by atoms with Crippen molar-refractivity contribution in [3.05, 3.63) is 28.8 Å². The number of nitrogens with two attached hydrogens (primary N) is 2. The molecule has 1 unspecified atom stereocenters. The van der Waals surface area contributed by atoms with E-state index in [0.717, 1.165) is 18.8 Å². The lowest BCUT2D eigenvalue weighted by Gasteiger charge is -2.61. The Kier molecular flexibility index (Phi) is 5.79. The zero-order valence-electron chi connectivity index (χ0n) is 20.2. The van der Waals surface area contributed by atoms with Crippen LogP contribution in [0, 0.1) is 29.6 Å². The van der Waals surface area contributed by atoms with Gasteiger partial charge in [0, 0.05) is 0 Å². The molecule has 0 saturated heterocycles. The Morgan fingerprint density at radius 3 is 2.61 bits per heavy atom. The van der Waals surface area contributed by atoms with Crippen molar-refractivity contribution < 1.29 is 9.53 Å². The van der Waals surface area contributed by atoms with Gasteiger partial charge in [0.1, 0.15) is 11.8 Å². The van der Waals surface area contributed by atoms with Gasteiger partial charge in [-0.2, -0.15) is 0 Å². The SMILES string of the molecule is Cc1cc(OC(=O)C(N)CCCN)cc2c1[C@]1(C)CC[C@H]3C(C)(C)CCC[C@]3(C)[C@H]1C2. The van der Waals surface area contributed by atoms with Crippen molar-refractivity contribution in [3.8, 4) is 5.75 Å². The maximum Gasteiger partial charge on any atom is 0.328 e. The summed E-state index contributed by atoms with van der Waals surface area (Å²) in [5.74, 6) is 1.75. The number of carbonyl (C=O) groups is 1. The van der Waals surface area contributed by atoms with E-state index >= 15 is 0 Å². The van der Waals surface area contributed by atoms with Crippen molar-refractivity contribution in [2.45, 2.75) is 97.4 Å². The molecular weight excluding hydrogens is 384 g/mol. The van der Waals surface area contributed by atoms with Gasteiger partial charge in [0.05, 0.1) is 0 Å². The molecule has 0 radical (unpaired) electrons. The van der Waals surface area contributed by atoms with E-state index in [1.54, 1.807) is 0 Å². The molecule has 4 N–H and O–H groups in total. The molecule has 1 aromatic rings. The number of hydrogen-bond acceptors (Lipinski definition) is 4. The molecule has 2 fully saturated rings. The minimum Gasteiger partial charge on any atom is -0.425 e. The highest BCUT2D eigenvalue weighted by atomic mass is 16.5. The van der Waals surface area contributed by atoms with Gasteiger partial charge in [0.2, 0.25) is 0 Å². The average molecular weight is 427 g/mol. The molecule has 4 heteroatoms. The zero-order valence-corrected chi connectivity index (χ0v) is 20.2. The molecule has 1 aromatic carbocycles. The second-order valence-corrected chi connectivity index (χ2v) is 11.8. The van der Waals surface area contributed by atoms with Crippen LogP contribution in [0.3, 0.4) is 0 Å². The number of ether oxygens (including phenoxy) is 1. The molecule has 0 amide bonds. The summed E-state index contributed by atoms with van der Waals surface area (Å²) in [7, 11) is 0. The minimum atomic E-state index is -0.610. The highest BCUT2D eigenvalue weighted by Crippen LogP contribution is 2.67. The summed E-state index contributed by atoms with van der Waals surface area (Å²) in [5.41, 5.74) is 16.7. The number of benzene rings is 1. The topological polar surface area (TPSA) is 78.3 Å². The first-order valence-electron chi connectivity index (χ1n) is 12.3. The standard InChI is InChI=1S/C27H42N2O2/c1-17-14-19(31-24(30)20(29)8-6-13-28)15-18-16-22-26(4)11-7-10-25(2,3)21(26)9-12-27(22,5)23(17)18/h14-15,20-22H,6-13,16,28-29H2,1-5H3/t20?,21-,22+,26-,27+/m0/s1. The van der Waals surface area contributed by atoms with Gasteiger partial charge in [0.15, 0.2) is 0 Å². The Labute approximate surface area is 188 Å². The highest BCUT2D eigenvalue weighted by molar-refractivity contribution is 5.78. The number of rotatable bonds is 5. The summed E-state index contributed by atoms with van der Waals surface area (Å²) >= 11 is 0. The third-order valence-corrected chi connectivity index (χ3v) is 9.42. The lowest BCUT2D eigenvalue weighted by atomic mass is 9.43. The first-order chi connectivity index (χ1) is 14.5. The number of fused-ring (bicyclic) bond motifs is 5. The fraction of sp³-hybridized carbons (Fsp3) is 0.741. The van der Waals surface area contributed by atoms with Crippen molar-refractivity contribution >= 4 is 5.97 Å². The zero-order chi connectivity index (χ0) is 22.6. The predicted octanol–water partition coefficient (Wildman–Crippen LogP) is 5.02. The van der Waals surface area contributed by atoms with Crippen LogP contribution in [-0.2, 0) is 16.6 Å². The highest BCUT2D eigenvalue weighted by Gasteiger charge is 2.61. The second-order valence-electron chi connectivity index (χ2n) is 11.8. The van der Waals surface area contributed by atoms with Gasteiger partial charge in [-0.25, -0.2) is 4.79 Å². The van der Waals surface area contributed by atoms with Crippen LogP contribution in [-0.4, -0.2) is 18.6 Å². The Balaban J connectivity index is 1.63. The summed E-state index contributed by atoms with van der Waals surface area (Å²) < 4.78 is 5.73. The molecule has 0 spiro atoms. The van der Waals surface area contributed by atoms with E-state index in [2.05, 4.69) is 46.8 Å². The molecule has 31 heavy (non-hydrogen) atoms. The van der Waals surface area contributed by atoms with Crippen molar-refractivity contribution in [2.75, 3.05) is 6.54 Å². The lowest BCUT2D eigenvalue weighted by Crippen LogP contribution is -2.55. The third-order valence-electron chi connectivity index (χ3n) is 9.42. The molecule has 0 aromatic heterocycles. The number of esters is 1. The Hall–Kier alpha value is -1.39. The molecule has 5 atom stereocenters. The van der Waals surface area contributed by atoms with Gasteiger partial charge >= 0.3 is 5.97 Å². The first kappa shape index (κ1) is 22.8. The minimum absolute atomic E-state index is 0.220. The van der Waals surface area contributed by atoms with Crippen LogP contribution in [0.2, 0.25) is 0 Å². The molecule has 2 saturated carbocycles. The number of hydrogen-bond donors (Lipinski definition) is 2. The fourth-order valence-corrected chi connectivity index (χ4v) is 8.14. The van der Waals surface area contributed by atoms with Crippen molar-refractivity contribution in [1.82, 2.24) is 0 Å². The lowest BCUT2D eigenvalue weighted by molar-refractivity contribution is -0.136. The first-order valence-corrected chi connectivity index (χ1v) is 12.3. The molecule has 0 aliphatic heterocycles. The van der Waals surface area contributed by atoms with Crippen LogP contribution in [0.5, 0.6) is 5.75 Å².